The fourth-order valence-corrected chi connectivity index (χ4v) is 2.50. The molecule has 122 valence electrons. The molecule has 5 heteroatoms. The zero-order valence-electron chi connectivity index (χ0n) is 13.1. The van der Waals surface area contributed by atoms with Crippen LogP contribution in [0.15, 0.2) is 0 Å². The topological polar surface area (TPSA) is 72.8 Å². The number of esters is 2. The van der Waals surface area contributed by atoms with E-state index in [4.69, 9.17) is 14.6 Å². The molecule has 0 spiro atoms. The van der Waals surface area contributed by atoms with Crippen LogP contribution in [0, 0.1) is 0 Å². The minimum Gasteiger partial charge on any atom is -0.465 e. The van der Waals surface area contributed by atoms with Gasteiger partial charge in [-0.2, -0.15) is 0 Å². The molecule has 0 aromatic heterocycles. The van der Waals surface area contributed by atoms with Gasteiger partial charge in [0.25, 0.3) is 0 Å². The van der Waals surface area contributed by atoms with E-state index in [0.29, 0.717) is 19.4 Å². The molecule has 0 bridgehead atoms. The molecule has 1 N–H and O–H groups in total. The second-order valence-corrected chi connectivity index (χ2v) is 6.02. The van der Waals surface area contributed by atoms with Gasteiger partial charge in [-0.15, -0.1) is 0 Å². The lowest BCUT2D eigenvalue weighted by Gasteiger charge is -2.32. The smallest absolute Gasteiger partial charge is 0.309 e. The Morgan fingerprint density at radius 3 is 2.43 bits per heavy atom. The fraction of sp³-hybridized carbons (Fsp3) is 0.875. The average Bonchev–Trinajstić information content (AvgIpc) is 2.41. The van der Waals surface area contributed by atoms with Crippen LogP contribution >= 0.6 is 0 Å². The number of ether oxygens (including phenoxy) is 2. The van der Waals surface area contributed by atoms with E-state index in [-0.39, 0.29) is 25.0 Å². The number of carbonyl (C=O) groups is 2. The molecule has 0 amide bonds. The average molecular weight is 300 g/mol. The highest BCUT2D eigenvalue weighted by atomic mass is 16.6. The molecule has 0 radical (unpaired) electrons. The molecule has 1 fully saturated rings. The van der Waals surface area contributed by atoms with Gasteiger partial charge in [-0.1, -0.05) is 32.1 Å². The van der Waals surface area contributed by atoms with Gasteiger partial charge < -0.3 is 14.6 Å². The lowest BCUT2D eigenvalue weighted by atomic mass is 9.96. The van der Waals surface area contributed by atoms with E-state index in [0.717, 1.165) is 44.9 Å². The van der Waals surface area contributed by atoms with Crippen LogP contribution in [0.5, 0.6) is 0 Å². The van der Waals surface area contributed by atoms with Crippen molar-refractivity contribution in [3.05, 3.63) is 0 Å². The predicted octanol–water partition coefficient (Wildman–Crippen LogP) is 2.74. The first kappa shape index (κ1) is 18.0. The summed E-state index contributed by atoms with van der Waals surface area (Å²) in [6.45, 7) is 2.40. The number of hydrogen-bond acceptors (Lipinski definition) is 5. The SMILES string of the molecule is CC1(OC(=O)CCCCCCCCCO)CCOC(=O)C1. The zero-order chi connectivity index (χ0) is 15.6. The lowest BCUT2D eigenvalue weighted by Crippen LogP contribution is -2.40. The van der Waals surface area contributed by atoms with Crippen LogP contribution in [0.3, 0.4) is 0 Å². The van der Waals surface area contributed by atoms with E-state index in [9.17, 15) is 9.59 Å². The van der Waals surface area contributed by atoms with Crippen LogP contribution in [0.25, 0.3) is 0 Å². The Bertz CT molecular complexity index is 329. The Hall–Kier alpha value is -1.10. The van der Waals surface area contributed by atoms with E-state index in [2.05, 4.69) is 0 Å². The van der Waals surface area contributed by atoms with E-state index in [1.54, 1.807) is 6.92 Å². The van der Waals surface area contributed by atoms with Crippen molar-refractivity contribution in [1.29, 1.82) is 0 Å². The molecule has 1 heterocycles. The second kappa shape index (κ2) is 9.77. The molecule has 0 aromatic carbocycles. The standard InChI is InChI=1S/C16H28O5/c1-16(10-12-20-15(19)13-16)21-14(18)9-7-5-3-2-4-6-8-11-17/h17H,2-13H2,1H3. The third kappa shape index (κ3) is 8.05. The lowest BCUT2D eigenvalue weighted by molar-refractivity contribution is -0.175. The molecule has 1 aliphatic heterocycles. The number of hydrogen-bond donors (Lipinski definition) is 1. The van der Waals surface area contributed by atoms with Gasteiger partial charge >= 0.3 is 11.9 Å². The third-order valence-electron chi connectivity index (χ3n) is 3.81. The summed E-state index contributed by atoms with van der Waals surface area (Å²) in [6.07, 6.45) is 8.37. The summed E-state index contributed by atoms with van der Waals surface area (Å²) in [5.41, 5.74) is -0.684. The molecule has 5 nitrogen and oxygen atoms in total. The summed E-state index contributed by atoms with van der Waals surface area (Å²) in [4.78, 5) is 23.0. The molecule has 0 aliphatic carbocycles. The van der Waals surface area contributed by atoms with Gasteiger partial charge in [-0.25, -0.2) is 0 Å². The Morgan fingerprint density at radius 2 is 1.81 bits per heavy atom. The number of cyclic esters (lactones) is 1. The van der Waals surface area contributed by atoms with Crippen molar-refractivity contribution < 1.29 is 24.2 Å². The first-order valence-corrected chi connectivity index (χ1v) is 8.04. The van der Waals surface area contributed by atoms with Gasteiger partial charge in [-0.05, 0) is 19.8 Å². The molecular formula is C16H28O5. The maximum Gasteiger partial charge on any atom is 0.309 e. The van der Waals surface area contributed by atoms with Gasteiger partial charge in [0.15, 0.2) is 0 Å². The number of rotatable bonds is 10. The summed E-state index contributed by atoms with van der Waals surface area (Å²) in [7, 11) is 0. The molecule has 21 heavy (non-hydrogen) atoms. The number of aliphatic hydroxyl groups excluding tert-OH is 1. The van der Waals surface area contributed by atoms with E-state index in [1.807, 2.05) is 0 Å². The third-order valence-corrected chi connectivity index (χ3v) is 3.81. The zero-order valence-corrected chi connectivity index (χ0v) is 13.1. The highest BCUT2D eigenvalue weighted by Gasteiger charge is 2.35. The first-order valence-electron chi connectivity index (χ1n) is 8.04. The van der Waals surface area contributed by atoms with E-state index < -0.39 is 5.60 Å². The van der Waals surface area contributed by atoms with E-state index >= 15 is 0 Å². The van der Waals surface area contributed by atoms with Crippen LogP contribution in [0.1, 0.15) is 71.1 Å². The number of carbonyl (C=O) groups excluding carboxylic acids is 2. The summed E-state index contributed by atoms with van der Waals surface area (Å²) < 4.78 is 10.3. The van der Waals surface area contributed by atoms with Gasteiger partial charge in [0, 0.05) is 19.4 Å². The summed E-state index contributed by atoms with van der Waals surface area (Å²) in [6, 6.07) is 0. The highest BCUT2D eigenvalue weighted by Crippen LogP contribution is 2.26. The van der Waals surface area contributed by atoms with Crippen LogP contribution in [0.4, 0.5) is 0 Å². The predicted molar refractivity (Wildman–Crippen MR) is 78.7 cm³/mol. The molecular weight excluding hydrogens is 272 g/mol. The Kier molecular flexibility index (Phi) is 8.35. The highest BCUT2D eigenvalue weighted by molar-refractivity contribution is 5.74. The summed E-state index contributed by atoms with van der Waals surface area (Å²) in [5.74, 6) is -0.507. The van der Waals surface area contributed by atoms with Gasteiger partial charge in [-0.3, -0.25) is 9.59 Å². The molecule has 1 atom stereocenters. The quantitative estimate of drug-likeness (QED) is 0.496. The van der Waals surface area contributed by atoms with Crippen molar-refractivity contribution >= 4 is 11.9 Å². The normalized spacial score (nSPS) is 21.9. The number of aliphatic hydroxyl groups is 1. The maximum absolute atomic E-state index is 11.8. The fourth-order valence-electron chi connectivity index (χ4n) is 2.50. The Labute approximate surface area is 127 Å². The largest absolute Gasteiger partial charge is 0.465 e. The summed E-state index contributed by atoms with van der Waals surface area (Å²) in [5, 5.41) is 8.66. The number of unbranched alkanes of at least 4 members (excludes halogenated alkanes) is 6. The van der Waals surface area contributed by atoms with Crippen LogP contribution in [-0.4, -0.2) is 35.9 Å². The van der Waals surface area contributed by atoms with Crippen molar-refractivity contribution in [3.63, 3.8) is 0 Å². The molecule has 0 aromatic rings. The Balaban J connectivity index is 2.04. The van der Waals surface area contributed by atoms with Crippen molar-refractivity contribution in [1.82, 2.24) is 0 Å². The molecule has 1 unspecified atom stereocenters. The van der Waals surface area contributed by atoms with Crippen molar-refractivity contribution in [2.45, 2.75) is 76.7 Å². The maximum atomic E-state index is 11.8. The molecule has 0 saturated carbocycles. The second-order valence-electron chi connectivity index (χ2n) is 6.02. The van der Waals surface area contributed by atoms with E-state index in [1.165, 1.54) is 0 Å². The van der Waals surface area contributed by atoms with Crippen LogP contribution in [0.2, 0.25) is 0 Å². The van der Waals surface area contributed by atoms with Gasteiger partial charge in [0.1, 0.15) is 5.60 Å². The molecule has 1 rings (SSSR count). The minimum absolute atomic E-state index is 0.156. The van der Waals surface area contributed by atoms with Crippen LogP contribution < -0.4 is 0 Å². The van der Waals surface area contributed by atoms with Crippen molar-refractivity contribution in [2.24, 2.45) is 0 Å². The van der Waals surface area contributed by atoms with Gasteiger partial charge in [0.2, 0.25) is 0 Å². The minimum atomic E-state index is -0.684. The molecule has 1 aliphatic rings. The monoisotopic (exact) mass is 300 g/mol. The Morgan fingerprint density at radius 1 is 1.19 bits per heavy atom. The first-order chi connectivity index (χ1) is 10.1. The van der Waals surface area contributed by atoms with Crippen molar-refractivity contribution in [3.8, 4) is 0 Å². The molecule has 1 saturated heterocycles. The van der Waals surface area contributed by atoms with Gasteiger partial charge in [0.05, 0.1) is 13.0 Å². The van der Waals surface area contributed by atoms with Crippen molar-refractivity contribution in [2.75, 3.05) is 13.2 Å². The summed E-state index contributed by atoms with van der Waals surface area (Å²) >= 11 is 0. The van der Waals surface area contributed by atoms with Crippen LogP contribution in [-0.2, 0) is 19.1 Å².